The number of aryl methyl sites for hydroxylation is 2. The zero-order chi connectivity index (χ0) is 13.1. The van der Waals surface area contributed by atoms with Crippen molar-refractivity contribution in [1.82, 2.24) is 9.78 Å². The van der Waals surface area contributed by atoms with Gasteiger partial charge in [-0.25, -0.2) is 4.68 Å². The van der Waals surface area contributed by atoms with Crippen molar-refractivity contribution in [2.45, 2.75) is 13.8 Å². The van der Waals surface area contributed by atoms with Crippen LogP contribution in [0, 0.1) is 13.8 Å². The number of nitrogens with zero attached hydrogens (tertiary/aromatic N) is 2. The normalized spacial score (nSPS) is 10.3. The predicted molar refractivity (Wildman–Crippen MR) is 67.7 cm³/mol. The maximum atomic E-state index is 10.8. The second-order valence-electron chi connectivity index (χ2n) is 4.13. The molecular weight excluding hydrogens is 230 g/mol. The minimum atomic E-state index is -0.502. The monoisotopic (exact) mass is 245 g/mol. The molecule has 0 radical (unpaired) electrons. The van der Waals surface area contributed by atoms with Gasteiger partial charge in [0.2, 0.25) is 0 Å². The third-order valence-corrected chi connectivity index (χ3v) is 2.45. The van der Waals surface area contributed by atoms with E-state index in [9.17, 15) is 4.79 Å². The molecule has 0 saturated carbocycles. The summed E-state index contributed by atoms with van der Waals surface area (Å²) in [5.74, 6) is 0.0840. The number of hydrogen-bond donors (Lipinski definition) is 1. The molecule has 1 aromatic heterocycles. The molecule has 1 heterocycles. The number of ether oxygens (including phenoxy) is 1. The largest absolute Gasteiger partial charge is 0.482 e. The van der Waals surface area contributed by atoms with Crippen LogP contribution < -0.4 is 10.5 Å². The Morgan fingerprint density at radius 1 is 1.39 bits per heavy atom. The molecule has 2 N–H and O–H groups in total. The molecule has 2 aromatic rings. The van der Waals surface area contributed by atoms with Crippen molar-refractivity contribution in [3.8, 4) is 11.4 Å². The standard InChI is InChI=1S/C13H15N3O2/c1-9-3-4-12(18-8-13(14)17)11(7-9)16-6-5-10(2)15-16/h3-7H,8H2,1-2H3,(H2,14,17). The Labute approximate surface area is 105 Å². The maximum Gasteiger partial charge on any atom is 0.255 e. The summed E-state index contributed by atoms with van der Waals surface area (Å²) in [5, 5.41) is 4.33. The van der Waals surface area contributed by atoms with Crippen LogP contribution in [-0.2, 0) is 4.79 Å². The zero-order valence-electron chi connectivity index (χ0n) is 10.4. The molecule has 5 nitrogen and oxygen atoms in total. The Hall–Kier alpha value is -2.30. The molecule has 0 spiro atoms. The molecule has 1 aromatic carbocycles. The second kappa shape index (κ2) is 4.91. The fourth-order valence-electron chi connectivity index (χ4n) is 1.63. The first-order valence-corrected chi connectivity index (χ1v) is 5.60. The van der Waals surface area contributed by atoms with Crippen molar-refractivity contribution >= 4 is 5.91 Å². The number of carbonyl (C=O) groups excluding carboxylic acids is 1. The summed E-state index contributed by atoms with van der Waals surface area (Å²) in [5.41, 5.74) is 7.87. The van der Waals surface area contributed by atoms with Gasteiger partial charge in [-0.05, 0) is 37.6 Å². The smallest absolute Gasteiger partial charge is 0.255 e. The fourth-order valence-corrected chi connectivity index (χ4v) is 1.63. The summed E-state index contributed by atoms with van der Waals surface area (Å²) in [6.07, 6.45) is 1.85. The number of nitrogens with two attached hydrogens (primary N) is 1. The lowest BCUT2D eigenvalue weighted by Gasteiger charge is -2.11. The van der Waals surface area contributed by atoms with Gasteiger partial charge in [0.25, 0.3) is 5.91 Å². The minimum Gasteiger partial charge on any atom is -0.482 e. The Bertz CT molecular complexity index is 575. The molecule has 0 aliphatic rings. The molecule has 0 saturated heterocycles. The number of aromatic nitrogens is 2. The second-order valence-corrected chi connectivity index (χ2v) is 4.13. The van der Waals surface area contributed by atoms with Gasteiger partial charge >= 0.3 is 0 Å². The van der Waals surface area contributed by atoms with Crippen LogP contribution in [0.25, 0.3) is 5.69 Å². The van der Waals surface area contributed by atoms with Crippen LogP contribution in [0.15, 0.2) is 30.5 Å². The molecule has 0 aliphatic heterocycles. The first kappa shape index (κ1) is 12.2. The lowest BCUT2D eigenvalue weighted by atomic mass is 10.2. The van der Waals surface area contributed by atoms with Gasteiger partial charge < -0.3 is 10.5 Å². The predicted octanol–water partition coefficient (Wildman–Crippen LogP) is 1.35. The lowest BCUT2D eigenvalue weighted by Crippen LogP contribution is -2.20. The molecule has 2 rings (SSSR count). The number of hydrogen-bond acceptors (Lipinski definition) is 3. The summed E-state index contributed by atoms with van der Waals surface area (Å²) in [6.45, 7) is 3.75. The third-order valence-electron chi connectivity index (χ3n) is 2.45. The van der Waals surface area contributed by atoms with Gasteiger partial charge in [-0.1, -0.05) is 6.07 Å². The van der Waals surface area contributed by atoms with Crippen LogP contribution in [-0.4, -0.2) is 22.3 Å². The van der Waals surface area contributed by atoms with E-state index in [1.807, 2.05) is 44.3 Å². The number of primary amides is 1. The highest BCUT2D eigenvalue weighted by atomic mass is 16.5. The first-order chi connectivity index (χ1) is 8.56. The number of amides is 1. The molecule has 0 aliphatic carbocycles. The lowest BCUT2D eigenvalue weighted by molar-refractivity contribution is -0.119. The summed E-state index contributed by atoms with van der Waals surface area (Å²) >= 11 is 0. The van der Waals surface area contributed by atoms with Crippen molar-refractivity contribution < 1.29 is 9.53 Å². The van der Waals surface area contributed by atoms with Gasteiger partial charge in [0, 0.05) is 6.20 Å². The summed E-state index contributed by atoms with van der Waals surface area (Å²) in [6, 6.07) is 7.57. The van der Waals surface area contributed by atoms with E-state index in [0.29, 0.717) is 5.75 Å². The van der Waals surface area contributed by atoms with Crippen LogP contribution in [0.1, 0.15) is 11.3 Å². The number of benzene rings is 1. The number of rotatable bonds is 4. The summed E-state index contributed by atoms with van der Waals surface area (Å²) in [7, 11) is 0. The highest BCUT2D eigenvalue weighted by molar-refractivity contribution is 5.75. The van der Waals surface area contributed by atoms with Crippen molar-refractivity contribution in [2.75, 3.05) is 6.61 Å². The van der Waals surface area contributed by atoms with Gasteiger partial charge in [0.15, 0.2) is 6.61 Å². The van der Waals surface area contributed by atoms with E-state index in [-0.39, 0.29) is 6.61 Å². The SMILES string of the molecule is Cc1ccc(OCC(N)=O)c(-n2ccc(C)n2)c1. The highest BCUT2D eigenvalue weighted by Crippen LogP contribution is 2.23. The molecular formula is C13H15N3O2. The van der Waals surface area contributed by atoms with Crippen LogP contribution in [0.3, 0.4) is 0 Å². The van der Waals surface area contributed by atoms with E-state index >= 15 is 0 Å². The molecule has 0 atom stereocenters. The average molecular weight is 245 g/mol. The van der Waals surface area contributed by atoms with E-state index in [2.05, 4.69) is 5.10 Å². The maximum absolute atomic E-state index is 10.8. The van der Waals surface area contributed by atoms with Crippen molar-refractivity contribution in [3.05, 3.63) is 41.7 Å². The van der Waals surface area contributed by atoms with E-state index in [1.54, 1.807) is 4.68 Å². The third kappa shape index (κ3) is 2.68. The van der Waals surface area contributed by atoms with Crippen LogP contribution in [0.4, 0.5) is 0 Å². The Balaban J connectivity index is 2.37. The minimum absolute atomic E-state index is 0.143. The average Bonchev–Trinajstić information content (AvgIpc) is 2.74. The van der Waals surface area contributed by atoms with E-state index < -0.39 is 5.91 Å². The van der Waals surface area contributed by atoms with Crippen LogP contribution >= 0.6 is 0 Å². The van der Waals surface area contributed by atoms with Crippen molar-refractivity contribution in [2.24, 2.45) is 5.73 Å². The summed E-state index contributed by atoms with van der Waals surface area (Å²) < 4.78 is 7.10. The molecule has 0 bridgehead atoms. The quantitative estimate of drug-likeness (QED) is 0.884. The molecule has 5 heteroatoms. The topological polar surface area (TPSA) is 70.1 Å². The van der Waals surface area contributed by atoms with Crippen LogP contribution in [0.5, 0.6) is 5.75 Å². The van der Waals surface area contributed by atoms with Crippen molar-refractivity contribution in [1.29, 1.82) is 0 Å². The molecule has 0 fully saturated rings. The van der Waals surface area contributed by atoms with Gasteiger partial charge in [-0.15, -0.1) is 0 Å². The zero-order valence-corrected chi connectivity index (χ0v) is 10.4. The van der Waals surface area contributed by atoms with Gasteiger partial charge in [-0.2, -0.15) is 5.10 Å². The fraction of sp³-hybridized carbons (Fsp3) is 0.231. The van der Waals surface area contributed by atoms with Gasteiger partial charge in [0.1, 0.15) is 11.4 Å². The molecule has 18 heavy (non-hydrogen) atoms. The van der Waals surface area contributed by atoms with E-state index in [1.165, 1.54) is 0 Å². The van der Waals surface area contributed by atoms with Gasteiger partial charge in [-0.3, -0.25) is 4.79 Å². The summed E-state index contributed by atoms with van der Waals surface area (Å²) in [4.78, 5) is 10.8. The number of carbonyl (C=O) groups is 1. The highest BCUT2D eigenvalue weighted by Gasteiger charge is 2.08. The van der Waals surface area contributed by atoms with E-state index in [4.69, 9.17) is 10.5 Å². The van der Waals surface area contributed by atoms with Gasteiger partial charge in [0.05, 0.1) is 5.69 Å². The Morgan fingerprint density at radius 2 is 2.17 bits per heavy atom. The van der Waals surface area contributed by atoms with Crippen molar-refractivity contribution in [3.63, 3.8) is 0 Å². The Kier molecular flexibility index (Phi) is 3.32. The molecule has 94 valence electrons. The Morgan fingerprint density at radius 3 is 2.78 bits per heavy atom. The van der Waals surface area contributed by atoms with Crippen LogP contribution in [0.2, 0.25) is 0 Å². The van der Waals surface area contributed by atoms with E-state index in [0.717, 1.165) is 16.9 Å². The first-order valence-electron chi connectivity index (χ1n) is 5.60. The molecule has 0 unspecified atom stereocenters. The molecule has 1 amide bonds.